The number of nitrogens with zero attached hydrogens (tertiary/aromatic N) is 8. The summed E-state index contributed by atoms with van der Waals surface area (Å²) >= 11 is 0. The second-order valence-corrected chi connectivity index (χ2v) is 9.17. The van der Waals surface area contributed by atoms with Gasteiger partial charge in [-0.05, 0) is 55.7 Å². The number of benzene rings is 1. The minimum atomic E-state index is 0.186. The Morgan fingerprint density at radius 1 is 1.05 bits per heavy atom. The van der Waals surface area contributed by atoms with Crippen LogP contribution in [0.15, 0.2) is 76.6 Å². The number of nitriles is 1. The first kappa shape index (κ1) is 31.9. The summed E-state index contributed by atoms with van der Waals surface area (Å²) in [6, 6.07) is 16.5. The summed E-state index contributed by atoms with van der Waals surface area (Å²) in [7, 11) is 1.77. The maximum absolute atomic E-state index is 9.01. The zero-order chi connectivity index (χ0) is 30.5. The largest absolute Gasteiger partial charge is 0.383 e. The molecule has 3 N–H and O–H groups in total. The lowest BCUT2D eigenvalue weighted by Crippen LogP contribution is -2.38. The van der Waals surface area contributed by atoms with Crippen LogP contribution in [0.3, 0.4) is 0 Å². The van der Waals surface area contributed by atoms with Crippen LogP contribution in [0.4, 0.5) is 17.3 Å². The van der Waals surface area contributed by atoms with Crippen LogP contribution in [0.2, 0.25) is 0 Å². The lowest BCUT2D eigenvalue weighted by Gasteiger charge is -2.32. The number of nitrogen functional groups attached to an aromatic ring is 1. The molecule has 220 valence electrons. The summed E-state index contributed by atoms with van der Waals surface area (Å²) in [5, 5.41) is 12.5. The molecule has 1 fully saturated rings. The minimum Gasteiger partial charge on any atom is -0.383 e. The molecular formula is C32H42N10. The summed E-state index contributed by atoms with van der Waals surface area (Å²) in [6.07, 6.45) is 7.26. The molecule has 0 bridgehead atoms. The van der Waals surface area contributed by atoms with Gasteiger partial charge < -0.3 is 11.1 Å². The number of rotatable bonds is 6. The maximum atomic E-state index is 9.01. The first-order valence-corrected chi connectivity index (χ1v) is 14.6. The minimum absolute atomic E-state index is 0.186. The van der Waals surface area contributed by atoms with Crippen molar-refractivity contribution in [2.75, 3.05) is 36.1 Å². The zero-order valence-corrected chi connectivity index (χ0v) is 25.5. The summed E-state index contributed by atoms with van der Waals surface area (Å²) in [4.78, 5) is 26.3. The summed E-state index contributed by atoms with van der Waals surface area (Å²) in [5.41, 5.74) is 9.99. The average Bonchev–Trinajstić information content (AvgIpc) is 3.43. The number of nitrogens with one attached hydrogen (secondary N) is 1. The van der Waals surface area contributed by atoms with Crippen LogP contribution in [0.25, 0.3) is 0 Å². The Morgan fingerprint density at radius 3 is 2.38 bits per heavy atom. The molecule has 0 aliphatic carbocycles. The van der Waals surface area contributed by atoms with Crippen molar-refractivity contribution in [2.24, 2.45) is 9.98 Å². The van der Waals surface area contributed by atoms with E-state index < -0.39 is 0 Å². The number of allylic oxidation sites excluding steroid dienone is 1. The molecule has 42 heavy (non-hydrogen) atoms. The Bertz CT molecular complexity index is 1430. The molecule has 0 spiro atoms. The maximum Gasteiger partial charge on any atom is 0.234 e. The molecule has 0 radical (unpaired) electrons. The van der Waals surface area contributed by atoms with Crippen LogP contribution < -0.4 is 16.0 Å². The molecule has 3 aromatic rings. The van der Waals surface area contributed by atoms with E-state index in [0.717, 1.165) is 61.1 Å². The third kappa shape index (κ3) is 7.56. The van der Waals surface area contributed by atoms with Crippen molar-refractivity contribution in [3.8, 4) is 6.07 Å². The van der Waals surface area contributed by atoms with Gasteiger partial charge in [0.05, 0.1) is 5.56 Å². The zero-order valence-electron chi connectivity index (χ0n) is 25.5. The Morgan fingerprint density at radius 2 is 1.76 bits per heavy atom. The number of amidine groups is 2. The highest BCUT2D eigenvalue weighted by Crippen LogP contribution is 2.29. The molecule has 0 amide bonds. The third-order valence-electron chi connectivity index (χ3n) is 6.74. The van der Waals surface area contributed by atoms with Crippen molar-refractivity contribution in [3.63, 3.8) is 0 Å². The molecule has 0 unspecified atom stereocenters. The number of hydrogen-bond donors (Lipinski definition) is 2. The van der Waals surface area contributed by atoms with Gasteiger partial charge >= 0.3 is 0 Å². The van der Waals surface area contributed by atoms with Crippen LogP contribution in [0.5, 0.6) is 0 Å². The Balaban J connectivity index is 0.00000116. The normalized spacial score (nSPS) is 17.1. The van der Waals surface area contributed by atoms with Crippen LogP contribution >= 0.6 is 0 Å². The van der Waals surface area contributed by atoms with E-state index in [1.807, 2.05) is 69.9 Å². The van der Waals surface area contributed by atoms with Crippen LogP contribution in [-0.4, -0.2) is 57.7 Å². The summed E-state index contributed by atoms with van der Waals surface area (Å²) < 4.78 is 0. The lowest BCUT2D eigenvalue weighted by molar-refractivity contribution is 0.211. The summed E-state index contributed by atoms with van der Waals surface area (Å²) in [6.45, 7) is 12.8. The van der Waals surface area contributed by atoms with Crippen LogP contribution in [0, 0.1) is 11.3 Å². The van der Waals surface area contributed by atoms with Gasteiger partial charge in [-0.15, -0.1) is 0 Å². The number of nitrogens with two attached hydrogens (primary N) is 1. The molecular weight excluding hydrogens is 524 g/mol. The molecule has 1 saturated heterocycles. The van der Waals surface area contributed by atoms with Crippen molar-refractivity contribution in [1.82, 2.24) is 19.9 Å². The Hall–Kier alpha value is -4.62. The van der Waals surface area contributed by atoms with Gasteiger partial charge in [-0.3, -0.25) is 14.8 Å². The second-order valence-electron chi connectivity index (χ2n) is 9.17. The predicted octanol–water partition coefficient (Wildman–Crippen LogP) is 5.65. The molecule has 2 aliphatic rings. The van der Waals surface area contributed by atoms with Crippen molar-refractivity contribution in [1.29, 1.82) is 5.26 Å². The van der Waals surface area contributed by atoms with Gasteiger partial charge in [-0.25, -0.2) is 19.9 Å². The highest BCUT2D eigenvalue weighted by Gasteiger charge is 2.31. The van der Waals surface area contributed by atoms with E-state index >= 15 is 0 Å². The first-order valence-electron chi connectivity index (χ1n) is 14.6. The lowest BCUT2D eigenvalue weighted by atomic mass is 10.0. The van der Waals surface area contributed by atoms with E-state index in [9.17, 15) is 0 Å². The van der Waals surface area contributed by atoms with Gasteiger partial charge in [0.2, 0.25) is 5.82 Å². The fourth-order valence-electron chi connectivity index (χ4n) is 4.82. The first-order chi connectivity index (χ1) is 20.6. The van der Waals surface area contributed by atoms with E-state index in [0.29, 0.717) is 17.7 Å². The van der Waals surface area contributed by atoms with Crippen molar-refractivity contribution >= 4 is 29.0 Å². The van der Waals surface area contributed by atoms with E-state index in [2.05, 4.69) is 54.4 Å². The Labute approximate surface area is 249 Å². The fraction of sp³-hybridized carbons (Fsp3) is 0.375. The van der Waals surface area contributed by atoms with Gasteiger partial charge in [-0.1, -0.05) is 45.9 Å². The highest BCUT2D eigenvalue weighted by molar-refractivity contribution is 6.34. The molecule has 0 atom stereocenters. The van der Waals surface area contributed by atoms with E-state index in [-0.39, 0.29) is 5.82 Å². The molecule has 4 heterocycles. The number of pyridine rings is 1. The highest BCUT2D eigenvalue weighted by atomic mass is 15.3. The number of aromatic nitrogens is 3. The number of piperidine rings is 1. The molecule has 5 rings (SSSR count). The van der Waals surface area contributed by atoms with Gasteiger partial charge in [0.25, 0.3) is 0 Å². The summed E-state index contributed by atoms with van der Waals surface area (Å²) in [5.74, 6) is 2.82. The number of anilines is 3. The Kier molecular flexibility index (Phi) is 12.1. The van der Waals surface area contributed by atoms with E-state index in [4.69, 9.17) is 16.0 Å². The van der Waals surface area contributed by atoms with Gasteiger partial charge in [-0.2, -0.15) is 5.26 Å². The monoisotopic (exact) mass is 566 g/mol. The smallest absolute Gasteiger partial charge is 0.234 e. The number of aliphatic imine (C=N–C) groups is 2. The SMILES string of the molecule is C/C=C1/N=C(c2cccnc2N)N(c2ccc(CN3CCC(Nc4ccnc(C#N)n4)CC3)cc2)C1=NC.CC.CC. The standard InChI is InChI=1S/C28H30N10.2C2H6/c1-3-23-28(31-2)38(27(35-23)22-5-4-13-33-26(22)30)21-8-6-19(7-9-21)18-37-15-11-20(12-16-37)34-24-10-14-32-25(17-29)36-24;2*1-2/h3-10,13-14,20H,11-12,15-16,18H2,1-2H3,(H2,30,33)(H,32,34,36);2*1-2H3/b23-3+,31-28?;;. The second kappa shape index (κ2) is 16.0. The van der Waals surface area contributed by atoms with Crippen molar-refractivity contribution in [2.45, 2.75) is 60.0 Å². The number of likely N-dealkylation sites (tertiary alicyclic amines) is 1. The van der Waals surface area contributed by atoms with Gasteiger partial charge in [0.1, 0.15) is 23.4 Å². The van der Waals surface area contributed by atoms with Crippen LogP contribution in [0.1, 0.15) is 64.4 Å². The van der Waals surface area contributed by atoms with Gasteiger partial charge in [0.15, 0.2) is 11.7 Å². The molecule has 10 heteroatoms. The third-order valence-corrected chi connectivity index (χ3v) is 6.74. The van der Waals surface area contributed by atoms with Crippen molar-refractivity contribution in [3.05, 3.63) is 83.6 Å². The molecule has 2 aromatic heterocycles. The molecule has 10 nitrogen and oxygen atoms in total. The molecule has 2 aliphatic heterocycles. The van der Waals surface area contributed by atoms with Crippen molar-refractivity contribution < 1.29 is 0 Å². The topological polar surface area (TPSA) is 132 Å². The van der Waals surface area contributed by atoms with Gasteiger partial charge in [0, 0.05) is 50.8 Å². The quantitative estimate of drug-likeness (QED) is 0.391. The predicted molar refractivity (Wildman–Crippen MR) is 173 cm³/mol. The van der Waals surface area contributed by atoms with E-state index in [1.165, 1.54) is 5.56 Å². The molecule has 0 saturated carbocycles. The average molecular weight is 567 g/mol. The molecule has 1 aromatic carbocycles. The van der Waals surface area contributed by atoms with E-state index in [1.54, 1.807) is 19.4 Å². The van der Waals surface area contributed by atoms with Crippen LogP contribution in [-0.2, 0) is 6.54 Å². The fourth-order valence-corrected chi connectivity index (χ4v) is 4.82. The number of hydrogen-bond acceptors (Lipinski definition) is 9.